The molecule has 0 aliphatic carbocycles. The maximum atomic E-state index is 13.9. The molecule has 21 nitrogen and oxygen atoms in total. The summed E-state index contributed by atoms with van der Waals surface area (Å²) in [4.78, 5) is 122. The van der Waals surface area contributed by atoms with E-state index < -0.39 is 114 Å². The normalized spacial score (nSPS) is 21.6. The van der Waals surface area contributed by atoms with Crippen molar-refractivity contribution in [2.75, 3.05) is 13.2 Å². The topological polar surface area (TPSA) is 345 Å². The largest absolute Gasteiger partial charge is 0.448 e. The average Bonchev–Trinajstić information content (AvgIpc) is 3.22. The molecule has 0 radical (unpaired) electrons. The number of carbonyl (C=O) groups excluding carboxylic acids is 9. The molecule has 64 heavy (non-hydrogen) atoms. The van der Waals surface area contributed by atoms with Crippen molar-refractivity contribution in [2.24, 2.45) is 35.0 Å². The highest BCUT2D eigenvalue weighted by Gasteiger charge is 2.42. The third-order valence-corrected chi connectivity index (χ3v) is 10.2. The number of benzene rings is 1. The molecule has 0 bridgehead atoms. The lowest BCUT2D eigenvalue weighted by atomic mass is 10.00. The van der Waals surface area contributed by atoms with Crippen LogP contribution in [0.3, 0.4) is 0 Å². The smallest absolute Gasteiger partial charge is 0.329 e. The van der Waals surface area contributed by atoms with Crippen LogP contribution in [0.5, 0.6) is 0 Å². The lowest BCUT2D eigenvalue weighted by Gasteiger charge is -2.29. The number of nitrogens with two attached hydrogens (primary N) is 3. The number of esters is 1. The Morgan fingerprint density at radius 2 is 1.28 bits per heavy atom. The number of aliphatic hydroxyl groups is 1. The second kappa shape index (κ2) is 26.8. The summed E-state index contributed by atoms with van der Waals surface area (Å²) in [5, 5.41) is 27.7. The summed E-state index contributed by atoms with van der Waals surface area (Å²) in [5.74, 6) is -9.23. The van der Waals surface area contributed by atoms with Gasteiger partial charge in [-0.3, -0.25) is 38.4 Å². The molecule has 1 heterocycles. The first-order valence-corrected chi connectivity index (χ1v) is 21.8. The number of aliphatic hydroxyl groups excluding tert-OH is 1. The van der Waals surface area contributed by atoms with E-state index in [9.17, 15) is 48.3 Å². The molecule has 9 atom stereocenters. The molecule has 358 valence electrons. The van der Waals surface area contributed by atoms with Crippen molar-refractivity contribution in [2.45, 2.75) is 148 Å². The van der Waals surface area contributed by atoms with Crippen molar-refractivity contribution >= 4 is 53.2 Å². The van der Waals surface area contributed by atoms with Gasteiger partial charge >= 0.3 is 5.97 Å². The molecule has 1 aromatic rings. The van der Waals surface area contributed by atoms with Crippen LogP contribution in [0.15, 0.2) is 30.3 Å². The molecule has 1 aliphatic heterocycles. The highest BCUT2D eigenvalue weighted by molar-refractivity contribution is 6.00. The van der Waals surface area contributed by atoms with Gasteiger partial charge in [-0.15, -0.1) is 0 Å². The van der Waals surface area contributed by atoms with Crippen LogP contribution >= 0.6 is 0 Å². The van der Waals surface area contributed by atoms with Crippen LogP contribution in [0.25, 0.3) is 0 Å². The Hall–Kier alpha value is -5.67. The fourth-order valence-electron chi connectivity index (χ4n) is 6.80. The minimum Gasteiger partial charge on any atom is -0.448 e. The van der Waals surface area contributed by atoms with E-state index in [2.05, 4.69) is 37.2 Å². The van der Waals surface area contributed by atoms with Crippen molar-refractivity contribution in [1.82, 2.24) is 37.2 Å². The molecule has 1 saturated heterocycles. The van der Waals surface area contributed by atoms with E-state index in [1.54, 1.807) is 26.0 Å². The van der Waals surface area contributed by atoms with Gasteiger partial charge in [-0.2, -0.15) is 0 Å². The first-order valence-electron chi connectivity index (χ1n) is 21.8. The second-order valence-electron chi connectivity index (χ2n) is 17.4. The summed E-state index contributed by atoms with van der Waals surface area (Å²) >= 11 is 0. The average molecular weight is 903 g/mol. The number of amides is 8. The Kier molecular flexibility index (Phi) is 22.8. The lowest BCUT2D eigenvalue weighted by Crippen LogP contribution is -2.64. The van der Waals surface area contributed by atoms with Crippen molar-refractivity contribution < 1.29 is 53.0 Å². The predicted octanol–water partition coefficient (Wildman–Crippen LogP) is -2.36. The van der Waals surface area contributed by atoms with Crippen molar-refractivity contribution in [1.29, 1.82) is 0 Å². The Labute approximate surface area is 374 Å². The van der Waals surface area contributed by atoms with E-state index in [1.165, 1.54) is 6.92 Å². The molecule has 0 spiro atoms. The summed E-state index contributed by atoms with van der Waals surface area (Å²) in [6.45, 7) is 11.3. The fourth-order valence-corrected chi connectivity index (χ4v) is 6.80. The Morgan fingerprint density at radius 3 is 1.84 bits per heavy atom. The Bertz CT molecular complexity index is 1760. The molecular formula is C43H70N10O11. The maximum Gasteiger partial charge on any atom is 0.329 e. The lowest BCUT2D eigenvalue weighted by molar-refractivity contribution is -0.162. The number of nitrogens with one attached hydrogen (secondary N) is 7. The van der Waals surface area contributed by atoms with E-state index in [0.717, 1.165) is 5.56 Å². The predicted molar refractivity (Wildman–Crippen MR) is 235 cm³/mol. The molecule has 0 aromatic heterocycles. The molecule has 0 unspecified atom stereocenters. The number of hydrogen-bond donors (Lipinski definition) is 11. The third-order valence-electron chi connectivity index (χ3n) is 10.2. The van der Waals surface area contributed by atoms with Crippen molar-refractivity contribution in [3.63, 3.8) is 0 Å². The highest BCUT2D eigenvalue weighted by atomic mass is 16.6. The van der Waals surface area contributed by atoms with E-state index >= 15 is 0 Å². The molecule has 1 aliphatic rings. The van der Waals surface area contributed by atoms with Gasteiger partial charge in [-0.05, 0) is 81.7 Å². The standard InChI is InChI=1S/C43H70N10O11/c1-22(2)17-29-40(60)51-31(19-24(5)6)43(63)64-34(35(46)55)33(42(62)47-25(7)36(56)49-29)53-41(61)32(21-54)52-38(58)28(15-11-12-16-44)48-39(59)30(18-23(3)4)50-37(57)27(45)20-26-13-9-8-10-14-26/h8-10,13-14,22-25,27-34,54H,11-12,15-21,44-45H2,1-7H3,(H2,46,55)(H,47,62)(H,48,59)(H,49,56)(H,50,57)(H,51,60)(H,52,58)(H,53,61)/t25-,27-,28+,29+,30+,31-,32-,33-,34+/m0/s1. The fraction of sp³-hybridized carbons (Fsp3) is 0.651. The monoisotopic (exact) mass is 903 g/mol. The molecule has 8 amide bonds. The number of unbranched alkanes of at least 4 members (excludes halogenated alkanes) is 1. The van der Waals surface area contributed by atoms with Gasteiger partial charge in [-0.25, -0.2) is 4.79 Å². The first kappa shape index (κ1) is 54.5. The number of cyclic esters (lactones) is 1. The summed E-state index contributed by atoms with van der Waals surface area (Å²) in [5.41, 5.74) is 18.3. The molecule has 0 saturated carbocycles. The minimum atomic E-state index is -2.22. The summed E-state index contributed by atoms with van der Waals surface area (Å²) in [6, 6.07) is -2.23. The van der Waals surface area contributed by atoms with Crippen molar-refractivity contribution in [3.05, 3.63) is 35.9 Å². The van der Waals surface area contributed by atoms with Crippen LogP contribution in [0.4, 0.5) is 0 Å². The van der Waals surface area contributed by atoms with Gasteiger partial charge in [-0.1, -0.05) is 71.9 Å². The quantitative estimate of drug-likeness (QED) is 0.0429. The van der Waals surface area contributed by atoms with Gasteiger partial charge in [0, 0.05) is 0 Å². The molecule has 1 fully saturated rings. The molecule has 21 heteroatoms. The van der Waals surface area contributed by atoms with Gasteiger partial charge in [0.15, 0.2) is 6.04 Å². The van der Waals surface area contributed by atoms with Crippen LogP contribution in [0, 0.1) is 17.8 Å². The highest BCUT2D eigenvalue weighted by Crippen LogP contribution is 2.14. The third kappa shape index (κ3) is 18.2. The zero-order valence-electron chi connectivity index (χ0n) is 37.9. The molecule has 14 N–H and O–H groups in total. The Morgan fingerprint density at radius 1 is 0.719 bits per heavy atom. The van der Waals surface area contributed by atoms with Gasteiger partial charge in [0.2, 0.25) is 47.5 Å². The minimum absolute atomic E-state index is 0.00596. The van der Waals surface area contributed by atoms with Gasteiger partial charge in [0.25, 0.3) is 5.91 Å². The maximum absolute atomic E-state index is 13.9. The van der Waals surface area contributed by atoms with Crippen LogP contribution in [0.1, 0.15) is 92.6 Å². The van der Waals surface area contributed by atoms with Crippen molar-refractivity contribution in [3.8, 4) is 0 Å². The molecule has 1 aromatic carbocycles. The SMILES string of the molecule is CC(C)C[C@@H]1NC(=O)[C@@H](CC(C)C)NC(=O)[C@H](C)NC(=O)[C@@H](NC(=O)[C@H](CO)NC(=O)[C@@H](CCCCN)NC(=O)[C@@H](CC(C)C)NC(=O)[C@@H](N)Cc2ccccc2)[C@H](C(N)=O)OC1=O. The van der Waals surface area contributed by atoms with Crippen LogP contribution in [0.2, 0.25) is 0 Å². The second-order valence-corrected chi connectivity index (χ2v) is 17.4. The number of carbonyl (C=O) groups is 9. The zero-order valence-corrected chi connectivity index (χ0v) is 37.9. The molecular weight excluding hydrogens is 833 g/mol. The summed E-state index contributed by atoms with van der Waals surface area (Å²) in [6.07, 6.45) is -0.880. The number of primary amides is 1. The van der Waals surface area contributed by atoms with Gasteiger partial charge in [0.1, 0.15) is 36.3 Å². The van der Waals surface area contributed by atoms with E-state index in [-0.39, 0.29) is 56.4 Å². The van der Waals surface area contributed by atoms with Gasteiger partial charge in [0.05, 0.1) is 12.6 Å². The number of hydrogen-bond acceptors (Lipinski definition) is 13. The van der Waals surface area contributed by atoms with Crippen LogP contribution in [-0.4, -0.2) is 126 Å². The van der Waals surface area contributed by atoms with Gasteiger partial charge < -0.3 is 64.3 Å². The summed E-state index contributed by atoms with van der Waals surface area (Å²) < 4.78 is 5.45. The zero-order chi connectivity index (χ0) is 48.3. The first-order chi connectivity index (χ1) is 30.1. The van der Waals surface area contributed by atoms with E-state index in [4.69, 9.17) is 21.9 Å². The van der Waals surface area contributed by atoms with Crippen LogP contribution < -0.4 is 54.4 Å². The number of rotatable bonds is 22. The number of ether oxygens (including phenoxy) is 1. The molecule has 2 rings (SSSR count). The van der Waals surface area contributed by atoms with E-state index in [1.807, 2.05) is 45.9 Å². The summed E-state index contributed by atoms with van der Waals surface area (Å²) in [7, 11) is 0. The van der Waals surface area contributed by atoms with Crippen LogP contribution in [-0.2, 0) is 54.3 Å². The van der Waals surface area contributed by atoms with E-state index in [0.29, 0.717) is 12.8 Å². The Balaban J connectivity index is 2.42.